The van der Waals surface area contributed by atoms with Crippen molar-refractivity contribution < 1.29 is 9.90 Å². The molecule has 1 aromatic heterocycles. The number of benzene rings is 1. The smallest absolute Gasteiger partial charge is 0.307 e. The number of aliphatic carboxylic acids is 1. The van der Waals surface area contributed by atoms with Gasteiger partial charge in [0.15, 0.2) is 0 Å². The molecule has 0 fully saturated rings. The highest BCUT2D eigenvalue weighted by molar-refractivity contribution is 5.87. The van der Waals surface area contributed by atoms with Gasteiger partial charge in [-0.3, -0.25) is 4.79 Å². The van der Waals surface area contributed by atoms with Gasteiger partial charge in [-0.05, 0) is 18.1 Å². The SMILES string of the molecule is CC1c2[nH]c3ccccc3c2CC1C(=O)O. The summed E-state index contributed by atoms with van der Waals surface area (Å²) in [5, 5.41) is 10.3. The maximum Gasteiger partial charge on any atom is 0.307 e. The van der Waals surface area contributed by atoms with Crippen molar-refractivity contribution in [1.29, 1.82) is 0 Å². The van der Waals surface area contributed by atoms with Crippen LogP contribution in [-0.2, 0) is 11.2 Å². The van der Waals surface area contributed by atoms with Crippen LogP contribution in [0.2, 0.25) is 0 Å². The highest BCUT2D eigenvalue weighted by Gasteiger charge is 2.36. The fourth-order valence-electron chi connectivity index (χ4n) is 2.73. The Labute approximate surface area is 93.1 Å². The summed E-state index contributed by atoms with van der Waals surface area (Å²) in [6.07, 6.45) is 0.649. The van der Waals surface area contributed by atoms with Crippen LogP contribution in [0.25, 0.3) is 10.9 Å². The third-order valence-corrected chi connectivity index (χ3v) is 3.65. The Morgan fingerprint density at radius 3 is 2.94 bits per heavy atom. The maximum absolute atomic E-state index is 11.1. The van der Waals surface area contributed by atoms with Gasteiger partial charge in [0.05, 0.1) is 5.92 Å². The summed E-state index contributed by atoms with van der Waals surface area (Å²) < 4.78 is 0. The first-order valence-corrected chi connectivity index (χ1v) is 5.50. The predicted molar refractivity (Wildman–Crippen MR) is 61.5 cm³/mol. The van der Waals surface area contributed by atoms with E-state index in [1.54, 1.807) is 0 Å². The van der Waals surface area contributed by atoms with Gasteiger partial charge in [0.25, 0.3) is 0 Å². The van der Waals surface area contributed by atoms with Crippen LogP contribution in [0.5, 0.6) is 0 Å². The number of H-pyrrole nitrogens is 1. The first-order valence-electron chi connectivity index (χ1n) is 5.50. The zero-order valence-electron chi connectivity index (χ0n) is 9.03. The van der Waals surface area contributed by atoms with Crippen molar-refractivity contribution >= 4 is 16.9 Å². The monoisotopic (exact) mass is 215 g/mol. The molecule has 0 saturated heterocycles. The fraction of sp³-hybridized carbons (Fsp3) is 0.308. The molecule has 82 valence electrons. The van der Waals surface area contributed by atoms with Crippen molar-refractivity contribution in [3.63, 3.8) is 0 Å². The molecule has 3 heteroatoms. The number of hydrogen-bond acceptors (Lipinski definition) is 1. The molecule has 2 atom stereocenters. The Balaban J connectivity index is 2.18. The Morgan fingerprint density at radius 1 is 1.44 bits per heavy atom. The summed E-state index contributed by atoms with van der Waals surface area (Å²) in [7, 11) is 0. The predicted octanol–water partition coefficient (Wildman–Crippen LogP) is 2.53. The number of rotatable bonds is 1. The van der Waals surface area contributed by atoms with E-state index < -0.39 is 5.97 Å². The Bertz CT molecular complexity index is 570. The van der Waals surface area contributed by atoms with Gasteiger partial charge in [0.2, 0.25) is 0 Å². The van der Waals surface area contributed by atoms with Gasteiger partial charge in [-0.1, -0.05) is 25.1 Å². The minimum atomic E-state index is -0.693. The van der Waals surface area contributed by atoms with E-state index in [1.165, 1.54) is 10.9 Å². The molecule has 0 bridgehead atoms. The van der Waals surface area contributed by atoms with E-state index >= 15 is 0 Å². The van der Waals surface area contributed by atoms with E-state index in [0.29, 0.717) is 6.42 Å². The third-order valence-electron chi connectivity index (χ3n) is 3.65. The molecule has 0 radical (unpaired) electrons. The number of hydrogen-bond donors (Lipinski definition) is 2. The standard InChI is InChI=1S/C13H13NO2/c1-7-9(13(15)16)6-10-8-4-2-3-5-11(8)14-12(7)10/h2-5,7,9,14H,6H2,1H3,(H,15,16). The van der Waals surface area contributed by atoms with Crippen LogP contribution < -0.4 is 0 Å². The molecule has 2 N–H and O–H groups in total. The molecular formula is C13H13NO2. The summed E-state index contributed by atoms with van der Waals surface area (Å²) in [6.45, 7) is 1.99. The van der Waals surface area contributed by atoms with Gasteiger partial charge in [-0.25, -0.2) is 0 Å². The first-order chi connectivity index (χ1) is 7.68. The minimum Gasteiger partial charge on any atom is -0.481 e. The second-order valence-electron chi connectivity index (χ2n) is 4.50. The number of carboxylic acids is 1. The topological polar surface area (TPSA) is 53.1 Å². The van der Waals surface area contributed by atoms with Gasteiger partial charge in [-0.2, -0.15) is 0 Å². The lowest BCUT2D eigenvalue weighted by atomic mass is 9.97. The highest BCUT2D eigenvalue weighted by Crippen LogP contribution is 2.41. The number of nitrogens with one attached hydrogen (secondary N) is 1. The van der Waals surface area contributed by atoms with Gasteiger partial charge in [-0.15, -0.1) is 0 Å². The highest BCUT2D eigenvalue weighted by atomic mass is 16.4. The van der Waals surface area contributed by atoms with Crippen LogP contribution in [0.15, 0.2) is 24.3 Å². The summed E-state index contributed by atoms with van der Waals surface area (Å²) in [4.78, 5) is 14.4. The Hall–Kier alpha value is -1.77. The minimum absolute atomic E-state index is 0.0832. The average Bonchev–Trinajstić information content (AvgIpc) is 2.76. The molecule has 2 unspecified atom stereocenters. The largest absolute Gasteiger partial charge is 0.481 e. The summed E-state index contributed by atoms with van der Waals surface area (Å²) >= 11 is 0. The van der Waals surface area contributed by atoms with Crippen LogP contribution in [0.3, 0.4) is 0 Å². The molecule has 1 heterocycles. The van der Waals surface area contributed by atoms with E-state index in [9.17, 15) is 4.79 Å². The van der Waals surface area contributed by atoms with Crippen LogP contribution >= 0.6 is 0 Å². The van der Waals surface area contributed by atoms with Gasteiger partial charge >= 0.3 is 5.97 Å². The molecule has 0 aliphatic heterocycles. The van der Waals surface area contributed by atoms with E-state index in [0.717, 1.165) is 11.2 Å². The number of aromatic nitrogens is 1. The van der Waals surface area contributed by atoms with Crippen LogP contribution in [0.1, 0.15) is 24.1 Å². The molecule has 0 spiro atoms. The van der Waals surface area contributed by atoms with Crippen molar-refractivity contribution in [2.24, 2.45) is 5.92 Å². The second kappa shape index (κ2) is 3.11. The molecular weight excluding hydrogens is 202 g/mol. The Kier molecular flexibility index (Phi) is 1.84. The zero-order valence-corrected chi connectivity index (χ0v) is 9.03. The molecule has 3 nitrogen and oxygen atoms in total. The average molecular weight is 215 g/mol. The number of carbonyl (C=O) groups is 1. The first kappa shape index (κ1) is 9.46. The molecule has 1 aliphatic carbocycles. The number of carboxylic acid groups (broad SMARTS) is 1. The molecule has 0 saturated carbocycles. The van der Waals surface area contributed by atoms with Crippen molar-refractivity contribution in [3.8, 4) is 0 Å². The van der Waals surface area contributed by atoms with E-state index in [1.807, 2.05) is 25.1 Å². The zero-order chi connectivity index (χ0) is 11.3. The van der Waals surface area contributed by atoms with E-state index in [4.69, 9.17) is 5.11 Å². The summed E-state index contributed by atoms with van der Waals surface area (Å²) in [5.41, 5.74) is 3.41. The molecule has 1 aliphatic rings. The van der Waals surface area contributed by atoms with Gasteiger partial charge in [0.1, 0.15) is 0 Å². The van der Waals surface area contributed by atoms with Crippen LogP contribution in [-0.4, -0.2) is 16.1 Å². The quantitative estimate of drug-likeness (QED) is 0.768. The lowest BCUT2D eigenvalue weighted by molar-refractivity contribution is -0.142. The number of aromatic amines is 1. The fourth-order valence-corrected chi connectivity index (χ4v) is 2.73. The van der Waals surface area contributed by atoms with Crippen molar-refractivity contribution in [1.82, 2.24) is 4.98 Å². The van der Waals surface area contributed by atoms with Crippen LogP contribution in [0.4, 0.5) is 0 Å². The molecule has 16 heavy (non-hydrogen) atoms. The number of fused-ring (bicyclic) bond motifs is 3. The normalized spacial score (nSPS) is 23.6. The molecule has 2 aromatic rings. The van der Waals surface area contributed by atoms with Crippen LogP contribution in [0, 0.1) is 5.92 Å². The van der Waals surface area contributed by atoms with E-state index in [2.05, 4.69) is 11.1 Å². The van der Waals surface area contributed by atoms with E-state index in [-0.39, 0.29) is 11.8 Å². The second-order valence-corrected chi connectivity index (χ2v) is 4.50. The molecule has 3 rings (SSSR count). The van der Waals surface area contributed by atoms with Crippen molar-refractivity contribution in [3.05, 3.63) is 35.5 Å². The molecule has 0 amide bonds. The lowest BCUT2D eigenvalue weighted by Gasteiger charge is -2.10. The van der Waals surface area contributed by atoms with Gasteiger partial charge in [0, 0.05) is 22.5 Å². The third kappa shape index (κ3) is 1.11. The summed E-state index contributed by atoms with van der Waals surface area (Å²) in [5.74, 6) is -0.882. The lowest BCUT2D eigenvalue weighted by Crippen LogP contribution is -2.17. The molecule has 1 aromatic carbocycles. The number of para-hydroxylation sites is 1. The van der Waals surface area contributed by atoms with Crippen molar-refractivity contribution in [2.45, 2.75) is 19.3 Å². The Morgan fingerprint density at radius 2 is 2.19 bits per heavy atom. The summed E-state index contributed by atoms with van der Waals surface area (Å²) in [6, 6.07) is 8.08. The van der Waals surface area contributed by atoms with Gasteiger partial charge < -0.3 is 10.1 Å². The maximum atomic E-state index is 11.1. The van der Waals surface area contributed by atoms with Crippen molar-refractivity contribution in [2.75, 3.05) is 0 Å².